The number of amides is 2. The van der Waals surface area contributed by atoms with Crippen molar-refractivity contribution >= 4 is 40.7 Å². The number of benzene rings is 3. The summed E-state index contributed by atoms with van der Waals surface area (Å²) in [4.78, 5) is 29.9. The number of halogens is 4. The van der Waals surface area contributed by atoms with Crippen LogP contribution < -0.4 is 10.2 Å². The molecule has 4 aromatic rings. The maximum Gasteiger partial charge on any atom is 0.251 e. The second-order valence-electron chi connectivity index (χ2n) is 9.35. The van der Waals surface area contributed by atoms with E-state index in [9.17, 15) is 18.4 Å². The maximum atomic E-state index is 14.1. The highest BCUT2D eigenvalue weighted by atomic mass is 35.5. The lowest BCUT2D eigenvalue weighted by Gasteiger charge is -2.32. The number of anilines is 1. The summed E-state index contributed by atoms with van der Waals surface area (Å²) in [6.07, 6.45) is 1.56. The molecule has 9 nitrogen and oxygen atoms in total. The van der Waals surface area contributed by atoms with Gasteiger partial charge in [0.25, 0.3) is 5.91 Å². The van der Waals surface area contributed by atoms with Gasteiger partial charge in [0.1, 0.15) is 24.2 Å². The number of hydrogen-bond donors (Lipinski definition) is 1. The molecule has 1 aromatic heterocycles. The number of tetrazole rings is 1. The first-order valence-electron chi connectivity index (χ1n) is 12.7. The highest BCUT2D eigenvalue weighted by Gasteiger charge is 2.34. The third kappa shape index (κ3) is 6.87. The average molecular weight is 601 g/mol. The van der Waals surface area contributed by atoms with Crippen molar-refractivity contribution in [2.75, 3.05) is 18.1 Å². The number of carbonyl (C=O) groups excluding carboxylic acids is 2. The van der Waals surface area contributed by atoms with E-state index >= 15 is 0 Å². The second-order valence-corrected chi connectivity index (χ2v) is 10.2. The van der Waals surface area contributed by atoms with E-state index < -0.39 is 36.0 Å². The minimum absolute atomic E-state index is 0.140. The van der Waals surface area contributed by atoms with Crippen molar-refractivity contribution in [3.8, 4) is 11.4 Å². The van der Waals surface area contributed by atoms with Gasteiger partial charge in [0.2, 0.25) is 11.7 Å². The van der Waals surface area contributed by atoms with Crippen LogP contribution in [-0.4, -0.2) is 51.3 Å². The van der Waals surface area contributed by atoms with Gasteiger partial charge in [0.15, 0.2) is 0 Å². The van der Waals surface area contributed by atoms with Crippen LogP contribution >= 0.6 is 23.2 Å². The van der Waals surface area contributed by atoms with Crippen molar-refractivity contribution in [3.63, 3.8) is 0 Å². The molecule has 0 aliphatic carbocycles. The predicted molar refractivity (Wildman–Crippen MR) is 148 cm³/mol. The van der Waals surface area contributed by atoms with E-state index in [4.69, 9.17) is 27.9 Å². The number of nitrogens with zero attached hydrogens (tertiary/aromatic N) is 5. The van der Waals surface area contributed by atoms with Crippen molar-refractivity contribution in [1.82, 2.24) is 25.5 Å². The lowest BCUT2D eigenvalue weighted by atomic mass is 10.0. The minimum atomic E-state index is -1.19. The number of carbonyl (C=O) groups is 2. The summed E-state index contributed by atoms with van der Waals surface area (Å²) in [6, 6.07) is 14.5. The van der Waals surface area contributed by atoms with Gasteiger partial charge in [-0.1, -0.05) is 35.3 Å². The molecule has 2 heterocycles. The summed E-state index contributed by atoms with van der Waals surface area (Å²) in [5.74, 6) is -2.03. The molecule has 1 saturated heterocycles. The molecule has 0 radical (unpaired) electrons. The van der Waals surface area contributed by atoms with Crippen LogP contribution in [0.4, 0.5) is 14.5 Å². The van der Waals surface area contributed by atoms with Gasteiger partial charge >= 0.3 is 0 Å². The SMILES string of the molecule is O=C(NC[C@H]1CCCO1)[C@H](c1ccc(Cl)cc1)N(C(=O)Cn1nnc(-c2ccc(F)cc2)n1)c1ccc(F)c(Cl)c1. The lowest BCUT2D eigenvalue weighted by molar-refractivity contribution is -0.127. The number of rotatable bonds is 9. The summed E-state index contributed by atoms with van der Waals surface area (Å²) in [5, 5.41) is 15.2. The Hall–Kier alpha value is -3.93. The van der Waals surface area contributed by atoms with Crippen LogP contribution in [0.1, 0.15) is 24.4 Å². The van der Waals surface area contributed by atoms with E-state index in [1.165, 1.54) is 41.3 Å². The van der Waals surface area contributed by atoms with E-state index in [1.54, 1.807) is 24.3 Å². The van der Waals surface area contributed by atoms with Gasteiger partial charge in [0.05, 0.1) is 11.1 Å². The topological polar surface area (TPSA) is 102 Å². The highest BCUT2D eigenvalue weighted by molar-refractivity contribution is 6.31. The number of aromatic nitrogens is 4. The summed E-state index contributed by atoms with van der Waals surface area (Å²) < 4.78 is 33.1. The van der Waals surface area contributed by atoms with Crippen LogP contribution in [0.15, 0.2) is 66.7 Å². The molecule has 41 heavy (non-hydrogen) atoms. The monoisotopic (exact) mass is 600 g/mol. The van der Waals surface area contributed by atoms with Crippen LogP contribution in [-0.2, 0) is 20.9 Å². The molecule has 0 bridgehead atoms. The Morgan fingerprint density at radius 3 is 2.51 bits per heavy atom. The summed E-state index contributed by atoms with van der Waals surface area (Å²) in [6.45, 7) is 0.442. The van der Waals surface area contributed by atoms with Crippen molar-refractivity contribution in [2.45, 2.75) is 31.5 Å². The third-order valence-corrected chi connectivity index (χ3v) is 7.04. The van der Waals surface area contributed by atoms with Crippen molar-refractivity contribution in [3.05, 3.63) is 94.0 Å². The van der Waals surface area contributed by atoms with Gasteiger partial charge in [-0.3, -0.25) is 14.5 Å². The molecule has 0 saturated carbocycles. The van der Waals surface area contributed by atoms with Crippen LogP contribution in [0.5, 0.6) is 0 Å². The van der Waals surface area contributed by atoms with E-state index in [0.29, 0.717) is 22.8 Å². The summed E-state index contributed by atoms with van der Waals surface area (Å²) >= 11 is 12.2. The Labute approximate surface area is 244 Å². The van der Waals surface area contributed by atoms with E-state index in [-0.39, 0.29) is 29.2 Å². The fourth-order valence-electron chi connectivity index (χ4n) is 4.47. The first-order chi connectivity index (χ1) is 19.8. The standard InChI is InChI=1S/C28H24Cl2F2N6O3/c29-19-7-3-17(4-8-19)26(28(40)33-15-22-2-1-13-41-22)38(21-11-12-24(32)23(30)14-21)25(39)16-37-35-27(34-36-37)18-5-9-20(31)10-6-18/h3-12,14,22,26H,1-2,13,15-16H2,(H,33,40)/t22-,26+/m1/s1. The summed E-state index contributed by atoms with van der Waals surface area (Å²) in [7, 11) is 0. The Balaban J connectivity index is 1.49. The normalized spacial score (nSPS) is 15.5. The minimum Gasteiger partial charge on any atom is -0.376 e. The van der Waals surface area contributed by atoms with Crippen molar-refractivity contribution in [2.24, 2.45) is 0 Å². The number of hydrogen-bond acceptors (Lipinski definition) is 6. The molecule has 2 atom stereocenters. The average Bonchev–Trinajstić information content (AvgIpc) is 3.66. The van der Waals surface area contributed by atoms with Gasteiger partial charge < -0.3 is 10.1 Å². The zero-order chi connectivity index (χ0) is 28.9. The molecule has 212 valence electrons. The second kappa shape index (κ2) is 12.7. The zero-order valence-electron chi connectivity index (χ0n) is 21.5. The van der Waals surface area contributed by atoms with Gasteiger partial charge in [-0.25, -0.2) is 8.78 Å². The highest BCUT2D eigenvalue weighted by Crippen LogP contribution is 2.32. The van der Waals surface area contributed by atoms with Gasteiger partial charge in [-0.15, -0.1) is 10.2 Å². The number of nitrogens with one attached hydrogen (secondary N) is 1. The molecule has 1 N–H and O–H groups in total. The van der Waals surface area contributed by atoms with Crippen LogP contribution in [0, 0.1) is 11.6 Å². The molecule has 3 aromatic carbocycles. The van der Waals surface area contributed by atoms with E-state index in [1.807, 2.05) is 0 Å². The van der Waals surface area contributed by atoms with Crippen molar-refractivity contribution in [1.29, 1.82) is 0 Å². The molecular formula is C28H24Cl2F2N6O3. The third-order valence-electron chi connectivity index (χ3n) is 6.50. The largest absolute Gasteiger partial charge is 0.376 e. The molecule has 0 unspecified atom stereocenters. The fraction of sp³-hybridized carbons (Fsp3) is 0.250. The van der Waals surface area contributed by atoms with Crippen LogP contribution in [0.2, 0.25) is 10.0 Å². The molecule has 0 spiro atoms. The van der Waals surface area contributed by atoms with Crippen LogP contribution in [0.3, 0.4) is 0 Å². The van der Waals surface area contributed by atoms with Crippen molar-refractivity contribution < 1.29 is 23.1 Å². The van der Waals surface area contributed by atoms with E-state index in [0.717, 1.165) is 23.7 Å². The molecule has 1 aliphatic heterocycles. The molecule has 13 heteroatoms. The van der Waals surface area contributed by atoms with E-state index in [2.05, 4.69) is 20.7 Å². The molecular weight excluding hydrogens is 577 g/mol. The molecule has 5 rings (SSSR count). The molecule has 2 amide bonds. The fourth-order valence-corrected chi connectivity index (χ4v) is 4.77. The van der Waals surface area contributed by atoms with Gasteiger partial charge in [-0.05, 0) is 78.2 Å². The zero-order valence-corrected chi connectivity index (χ0v) is 23.0. The Morgan fingerprint density at radius 1 is 1.07 bits per heavy atom. The van der Waals surface area contributed by atoms with Gasteiger partial charge in [0, 0.05) is 29.4 Å². The first kappa shape index (κ1) is 28.6. The predicted octanol–water partition coefficient (Wildman–Crippen LogP) is 4.99. The number of ether oxygens (including phenoxy) is 1. The smallest absolute Gasteiger partial charge is 0.251 e. The summed E-state index contributed by atoms with van der Waals surface area (Å²) in [5.41, 5.74) is 1.12. The first-order valence-corrected chi connectivity index (χ1v) is 13.5. The quantitative estimate of drug-likeness (QED) is 0.290. The lowest BCUT2D eigenvalue weighted by Crippen LogP contribution is -2.46. The van der Waals surface area contributed by atoms with Crippen LogP contribution in [0.25, 0.3) is 11.4 Å². The Morgan fingerprint density at radius 2 is 1.83 bits per heavy atom. The molecule has 1 fully saturated rings. The maximum absolute atomic E-state index is 14.1. The Kier molecular flexibility index (Phi) is 8.87. The Bertz CT molecular complexity index is 1530. The van der Waals surface area contributed by atoms with Gasteiger partial charge in [-0.2, -0.15) is 4.80 Å². The molecule has 1 aliphatic rings.